The van der Waals surface area contributed by atoms with Crippen LogP contribution in [0, 0.1) is 11.7 Å². The number of nitrogens with zero attached hydrogens (tertiary/aromatic N) is 3. The first-order valence-corrected chi connectivity index (χ1v) is 9.86. The first kappa shape index (κ1) is 20.0. The lowest BCUT2D eigenvalue weighted by Gasteiger charge is -2.30. The second-order valence-electron chi connectivity index (χ2n) is 7.31. The van der Waals surface area contributed by atoms with Gasteiger partial charge in [0.15, 0.2) is 0 Å². The zero-order valence-corrected chi connectivity index (χ0v) is 16.7. The number of rotatable bonds is 6. The number of carbonyl (C=O) groups excluding carboxylic acids is 1. The van der Waals surface area contributed by atoms with Crippen molar-refractivity contribution in [3.05, 3.63) is 60.2 Å². The van der Waals surface area contributed by atoms with E-state index >= 15 is 0 Å². The Morgan fingerprint density at radius 2 is 2.00 bits per heavy atom. The summed E-state index contributed by atoms with van der Waals surface area (Å²) in [5, 5.41) is 6.93. The smallest absolute Gasteiger partial charge is 0.241 e. The van der Waals surface area contributed by atoms with Crippen LogP contribution in [0.15, 0.2) is 53.1 Å². The van der Waals surface area contributed by atoms with Gasteiger partial charge >= 0.3 is 0 Å². The molecular weight excluding hydrogens is 387 g/mol. The second kappa shape index (κ2) is 9.04. The third-order valence-electron chi connectivity index (χ3n) is 5.16. The fourth-order valence-corrected chi connectivity index (χ4v) is 3.56. The summed E-state index contributed by atoms with van der Waals surface area (Å²) < 4.78 is 23.6. The number of carbonyl (C=O) groups is 1. The van der Waals surface area contributed by atoms with Gasteiger partial charge < -0.3 is 14.6 Å². The number of amides is 1. The topological polar surface area (TPSA) is 80.5 Å². The minimum absolute atomic E-state index is 0.0595. The zero-order chi connectivity index (χ0) is 20.9. The lowest BCUT2D eigenvalue weighted by atomic mass is 9.97. The SMILES string of the molecule is COc1ccc(-c2noc(CN3CCCC(C(=O)Nc4ccc(F)cc4)C3)n2)cc1. The molecule has 1 fully saturated rings. The van der Waals surface area contributed by atoms with Crippen LogP contribution >= 0.6 is 0 Å². The molecule has 1 N–H and O–H groups in total. The van der Waals surface area contributed by atoms with Crippen LogP contribution in [0.1, 0.15) is 18.7 Å². The molecule has 7 nitrogen and oxygen atoms in total. The minimum Gasteiger partial charge on any atom is -0.497 e. The molecule has 1 amide bonds. The molecule has 1 atom stereocenters. The van der Waals surface area contributed by atoms with Crippen molar-refractivity contribution in [2.75, 3.05) is 25.5 Å². The van der Waals surface area contributed by atoms with Crippen molar-refractivity contribution in [2.45, 2.75) is 19.4 Å². The molecule has 1 unspecified atom stereocenters. The van der Waals surface area contributed by atoms with E-state index in [1.807, 2.05) is 24.3 Å². The Hall–Kier alpha value is -3.26. The fourth-order valence-electron chi connectivity index (χ4n) is 3.56. The number of ether oxygens (including phenoxy) is 1. The molecule has 0 saturated carbocycles. The predicted molar refractivity (Wildman–Crippen MR) is 109 cm³/mol. The van der Waals surface area contributed by atoms with Gasteiger partial charge in [0.2, 0.25) is 17.6 Å². The van der Waals surface area contributed by atoms with Crippen molar-refractivity contribution in [3.63, 3.8) is 0 Å². The van der Waals surface area contributed by atoms with E-state index in [-0.39, 0.29) is 17.6 Å². The van der Waals surface area contributed by atoms with E-state index in [0.717, 1.165) is 30.7 Å². The minimum atomic E-state index is -0.328. The van der Waals surface area contributed by atoms with Gasteiger partial charge in [0.1, 0.15) is 11.6 Å². The summed E-state index contributed by atoms with van der Waals surface area (Å²) in [6.45, 7) is 1.96. The zero-order valence-electron chi connectivity index (χ0n) is 16.7. The van der Waals surface area contributed by atoms with Crippen LogP contribution in [0.5, 0.6) is 5.75 Å². The fraction of sp³-hybridized carbons (Fsp3) is 0.318. The molecule has 0 radical (unpaired) electrons. The standard InChI is InChI=1S/C22H23FN4O3/c1-29-19-10-4-15(5-11-19)21-25-20(30-26-21)14-27-12-2-3-16(13-27)22(28)24-18-8-6-17(23)7-9-18/h4-11,16H,2-3,12-14H2,1H3,(H,24,28). The number of likely N-dealkylation sites (tertiary alicyclic amines) is 1. The molecule has 30 heavy (non-hydrogen) atoms. The third kappa shape index (κ3) is 4.83. The molecule has 8 heteroatoms. The molecule has 2 aromatic carbocycles. The van der Waals surface area contributed by atoms with E-state index in [4.69, 9.17) is 9.26 Å². The monoisotopic (exact) mass is 410 g/mol. The number of nitrogens with one attached hydrogen (secondary N) is 1. The van der Waals surface area contributed by atoms with Crippen molar-refractivity contribution >= 4 is 11.6 Å². The molecule has 0 bridgehead atoms. The first-order chi connectivity index (χ1) is 14.6. The number of benzene rings is 2. The van der Waals surface area contributed by atoms with Crippen LogP contribution in [0.25, 0.3) is 11.4 Å². The summed E-state index contributed by atoms with van der Waals surface area (Å²) in [6.07, 6.45) is 1.71. The maximum atomic E-state index is 13.0. The summed E-state index contributed by atoms with van der Waals surface area (Å²) in [5.74, 6) is 1.27. The van der Waals surface area contributed by atoms with Crippen LogP contribution in [0.3, 0.4) is 0 Å². The van der Waals surface area contributed by atoms with Gasteiger partial charge in [-0.1, -0.05) is 5.16 Å². The van der Waals surface area contributed by atoms with E-state index in [2.05, 4.69) is 20.4 Å². The molecule has 0 spiro atoms. The molecule has 0 aliphatic carbocycles. The van der Waals surface area contributed by atoms with Gasteiger partial charge in [-0.05, 0) is 67.9 Å². The molecule has 1 aliphatic rings. The van der Waals surface area contributed by atoms with Gasteiger partial charge in [0.05, 0.1) is 19.6 Å². The van der Waals surface area contributed by atoms with E-state index in [1.165, 1.54) is 12.1 Å². The van der Waals surface area contributed by atoms with Crippen LogP contribution in [0.4, 0.5) is 10.1 Å². The van der Waals surface area contributed by atoms with Gasteiger partial charge in [-0.3, -0.25) is 9.69 Å². The third-order valence-corrected chi connectivity index (χ3v) is 5.16. The molecule has 1 aliphatic heterocycles. The normalized spacial score (nSPS) is 16.9. The first-order valence-electron chi connectivity index (χ1n) is 9.86. The maximum Gasteiger partial charge on any atom is 0.241 e. The Morgan fingerprint density at radius 3 is 2.73 bits per heavy atom. The highest BCUT2D eigenvalue weighted by atomic mass is 19.1. The number of anilines is 1. The summed E-state index contributed by atoms with van der Waals surface area (Å²) in [7, 11) is 1.62. The maximum absolute atomic E-state index is 13.0. The Morgan fingerprint density at radius 1 is 1.23 bits per heavy atom. The Bertz CT molecular complexity index is 988. The van der Waals surface area contributed by atoms with E-state index in [9.17, 15) is 9.18 Å². The van der Waals surface area contributed by atoms with Crippen molar-refractivity contribution in [2.24, 2.45) is 5.92 Å². The highest BCUT2D eigenvalue weighted by Gasteiger charge is 2.27. The number of methoxy groups -OCH3 is 1. The highest BCUT2D eigenvalue weighted by molar-refractivity contribution is 5.92. The quantitative estimate of drug-likeness (QED) is 0.667. The lowest BCUT2D eigenvalue weighted by Crippen LogP contribution is -2.40. The van der Waals surface area contributed by atoms with Crippen molar-refractivity contribution in [3.8, 4) is 17.1 Å². The summed E-state index contributed by atoms with van der Waals surface area (Å²) in [5.41, 5.74) is 1.44. The van der Waals surface area contributed by atoms with Crippen molar-refractivity contribution < 1.29 is 18.4 Å². The molecule has 156 valence electrons. The Kier molecular flexibility index (Phi) is 6.04. The van der Waals surface area contributed by atoms with Gasteiger partial charge in [-0.15, -0.1) is 0 Å². The summed E-state index contributed by atoms with van der Waals surface area (Å²) >= 11 is 0. The van der Waals surface area contributed by atoms with Gasteiger partial charge in [0, 0.05) is 17.8 Å². The second-order valence-corrected chi connectivity index (χ2v) is 7.31. The van der Waals surface area contributed by atoms with Crippen LogP contribution in [-0.2, 0) is 11.3 Å². The van der Waals surface area contributed by atoms with E-state index in [1.54, 1.807) is 19.2 Å². The summed E-state index contributed by atoms with van der Waals surface area (Å²) in [6, 6.07) is 13.2. The number of hydrogen-bond acceptors (Lipinski definition) is 6. The molecule has 4 rings (SSSR count). The molecule has 1 saturated heterocycles. The number of piperidine rings is 1. The Labute approximate surface area is 173 Å². The predicted octanol–water partition coefficient (Wildman–Crippen LogP) is 3.74. The van der Waals surface area contributed by atoms with Crippen LogP contribution in [0.2, 0.25) is 0 Å². The summed E-state index contributed by atoms with van der Waals surface area (Å²) in [4.78, 5) is 19.2. The average Bonchev–Trinajstić information content (AvgIpc) is 3.24. The molecule has 3 aromatic rings. The molecule has 2 heterocycles. The van der Waals surface area contributed by atoms with Gasteiger partial charge in [-0.25, -0.2) is 4.39 Å². The van der Waals surface area contributed by atoms with E-state index in [0.29, 0.717) is 30.5 Å². The largest absolute Gasteiger partial charge is 0.497 e. The van der Waals surface area contributed by atoms with Crippen molar-refractivity contribution in [1.29, 1.82) is 0 Å². The van der Waals surface area contributed by atoms with Crippen molar-refractivity contribution in [1.82, 2.24) is 15.0 Å². The number of aromatic nitrogens is 2. The van der Waals surface area contributed by atoms with E-state index < -0.39 is 0 Å². The molecule has 1 aromatic heterocycles. The Balaban J connectivity index is 1.35. The number of hydrogen-bond donors (Lipinski definition) is 1. The highest BCUT2D eigenvalue weighted by Crippen LogP contribution is 2.23. The van der Waals surface area contributed by atoms with Gasteiger partial charge in [0.25, 0.3) is 0 Å². The molecular formula is C22H23FN4O3. The van der Waals surface area contributed by atoms with Gasteiger partial charge in [-0.2, -0.15) is 4.98 Å². The van der Waals surface area contributed by atoms with Crippen LogP contribution in [-0.4, -0.2) is 41.1 Å². The lowest BCUT2D eigenvalue weighted by molar-refractivity contribution is -0.121. The van der Waals surface area contributed by atoms with Crippen LogP contribution < -0.4 is 10.1 Å². The number of halogens is 1. The average molecular weight is 410 g/mol.